The molecule has 0 saturated carbocycles. The number of hydrogen-bond donors (Lipinski definition) is 0. The molecular formula is C21H27ClN4O. The van der Waals surface area contributed by atoms with Crippen molar-refractivity contribution in [1.82, 2.24) is 14.7 Å². The van der Waals surface area contributed by atoms with Crippen LogP contribution in [-0.2, 0) is 19.9 Å². The van der Waals surface area contributed by atoms with E-state index in [1.807, 2.05) is 23.9 Å². The molecule has 0 unspecified atom stereocenters. The molecule has 0 N–H and O–H groups in total. The lowest BCUT2D eigenvalue weighted by molar-refractivity contribution is 0.0956. The second-order valence-corrected chi connectivity index (χ2v) is 8.02. The van der Waals surface area contributed by atoms with E-state index in [1.165, 1.54) is 29.8 Å². The summed E-state index contributed by atoms with van der Waals surface area (Å²) in [6.45, 7) is 4.74. The van der Waals surface area contributed by atoms with Gasteiger partial charge in [-0.1, -0.05) is 11.6 Å². The zero-order chi connectivity index (χ0) is 18.8. The van der Waals surface area contributed by atoms with Gasteiger partial charge in [0.25, 0.3) is 0 Å². The Kier molecular flexibility index (Phi) is 5.50. The molecule has 1 aliphatic carbocycles. The van der Waals surface area contributed by atoms with Crippen molar-refractivity contribution in [3.8, 4) is 0 Å². The van der Waals surface area contributed by atoms with E-state index in [0.29, 0.717) is 6.42 Å². The van der Waals surface area contributed by atoms with E-state index in [1.54, 1.807) is 0 Å². The summed E-state index contributed by atoms with van der Waals surface area (Å²) in [7, 11) is 1.97. The normalized spacial score (nSPS) is 17.8. The lowest BCUT2D eigenvalue weighted by Gasteiger charge is -2.36. The molecule has 27 heavy (non-hydrogen) atoms. The highest BCUT2D eigenvalue weighted by atomic mass is 35.5. The van der Waals surface area contributed by atoms with Crippen LogP contribution in [0.15, 0.2) is 24.3 Å². The quantitative estimate of drug-likeness (QED) is 0.739. The van der Waals surface area contributed by atoms with Crippen LogP contribution in [0.5, 0.6) is 0 Å². The van der Waals surface area contributed by atoms with Gasteiger partial charge in [0.05, 0.1) is 0 Å². The highest BCUT2D eigenvalue weighted by Gasteiger charge is 2.24. The van der Waals surface area contributed by atoms with Gasteiger partial charge in [-0.2, -0.15) is 5.10 Å². The monoisotopic (exact) mass is 386 g/mol. The average Bonchev–Trinajstić information content (AvgIpc) is 3.04. The van der Waals surface area contributed by atoms with E-state index in [4.69, 9.17) is 11.6 Å². The number of Topliss-reactive ketones (excluding diaryl/α,β-unsaturated/α-hetero) is 1. The minimum Gasteiger partial charge on any atom is -0.369 e. The highest BCUT2D eigenvalue weighted by Crippen LogP contribution is 2.25. The maximum Gasteiger partial charge on any atom is 0.184 e. The van der Waals surface area contributed by atoms with Gasteiger partial charge in [-0.05, 0) is 49.9 Å². The van der Waals surface area contributed by atoms with Crippen molar-refractivity contribution in [2.45, 2.75) is 32.1 Å². The summed E-state index contributed by atoms with van der Waals surface area (Å²) in [6.07, 6.45) is 5.00. The van der Waals surface area contributed by atoms with Gasteiger partial charge in [0, 0.05) is 68.2 Å². The predicted molar refractivity (Wildman–Crippen MR) is 109 cm³/mol. The van der Waals surface area contributed by atoms with Gasteiger partial charge in [-0.15, -0.1) is 0 Å². The van der Waals surface area contributed by atoms with Crippen LogP contribution >= 0.6 is 11.6 Å². The van der Waals surface area contributed by atoms with Gasteiger partial charge < -0.3 is 4.90 Å². The number of carbonyl (C=O) groups excluding carboxylic acids is 1. The van der Waals surface area contributed by atoms with Crippen molar-refractivity contribution < 1.29 is 4.79 Å². The molecule has 1 saturated heterocycles. The summed E-state index contributed by atoms with van der Waals surface area (Å²) >= 11 is 5.98. The van der Waals surface area contributed by atoms with Crippen molar-refractivity contribution >= 4 is 23.1 Å². The molecule has 5 nitrogen and oxygen atoms in total. The third-order valence-electron chi connectivity index (χ3n) is 5.85. The Morgan fingerprint density at radius 3 is 2.52 bits per heavy atom. The fourth-order valence-corrected chi connectivity index (χ4v) is 4.38. The first-order chi connectivity index (χ1) is 13.1. The lowest BCUT2D eigenvalue weighted by atomic mass is 9.94. The fraction of sp³-hybridized carbons (Fsp3) is 0.524. The number of hydrogen-bond acceptors (Lipinski definition) is 4. The molecule has 1 aromatic carbocycles. The second kappa shape index (κ2) is 8.03. The van der Waals surface area contributed by atoms with Gasteiger partial charge in [0.15, 0.2) is 5.78 Å². The number of rotatable bonds is 5. The smallest absolute Gasteiger partial charge is 0.184 e. The highest BCUT2D eigenvalue weighted by molar-refractivity contribution is 6.30. The fourth-order valence-electron chi connectivity index (χ4n) is 4.26. The molecule has 2 aromatic rings. The van der Waals surface area contributed by atoms with Crippen molar-refractivity contribution in [3.05, 3.63) is 46.2 Å². The van der Waals surface area contributed by atoms with E-state index in [0.717, 1.165) is 56.3 Å². The number of ketones is 1. The van der Waals surface area contributed by atoms with Crippen LogP contribution in [0.25, 0.3) is 0 Å². The molecule has 144 valence electrons. The molecule has 2 aliphatic rings. The number of aryl methyl sites for hydroxylation is 1. The van der Waals surface area contributed by atoms with E-state index in [9.17, 15) is 4.79 Å². The van der Waals surface area contributed by atoms with Gasteiger partial charge in [-0.25, -0.2) is 0 Å². The Morgan fingerprint density at radius 2 is 1.78 bits per heavy atom. The second-order valence-electron chi connectivity index (χ2n) is 7.58. The molecule has 6 heteroatoms. The average molecular weight is 387 g/mol. The van der Waals surface area contributed by atoms with Gasteiger partial charge in [0.1, 0.15) is 5.69 Å². The molecule has 0 amide bonds. The van der Waals surface area contributed by atoms with Crippen LogP contribution in [0.1, 0.15) is 41.0 Å². The Balaban J connectivity index is 1.30. The Morgan fingerprint density at radius 1 is 1.07 bits per heavy atom. The number of aromatic nitrogens is 2. The topological polar surface area (TPSA) is 41.4 Å². The minimum atomic E-state index is 0.203. The number of fused-ring (bicyclic) bond motifs is 1. The molecule has 1 fully saturated rings. The van der Waals surface area contributed by atoms with E-state index >= 15 is 0 Å². The molecule has 0 atom stereocenters. The number of nitrogens with zero attached hydrogens (tertiary/aromatic N) is 4. The Hall–Kier alpha value is -1.85. The van der Waals surface area contributed by atoms with Gasteiger partial charge in [0.2, 0.25) is 0 Å². The molecule has 4 rings (SSSR count). The first kappa shape index (κ1) is 18.5. The number of benzene rings is 1. The number of anilines is 1. The predicted octanol–water partition coefficient (Wildman–Crippen LogP) is 3.35. The summed E-state index contributed by atoms with van der Waals surface area (Å²) in [6, 6.07) is 8.03. The molecule has 0 radical (unpaired) electrons. The summed E-state index contributed by atoms with van der Waals surface area (Å²) in [5.74, 6) is 0.203. The molecule has 0 spiro atoms. The van der Waals surface area contributed by atoms with Crippen LogP contribution in [0, 0.1) is 0 Å². The largest absolute Gasteiger partial charge is 0.369 e. The zero-order valence-electron chi connectivity index (χ0n) is 16.0. The van der Waals surface area contributed by atoms with Crippen LogP contribution in [-0.4, -0.2) is 53.2 Å². The summed E-state index contributed by atoms with van der Waals surface area (Å²) < 4.78 is 1.92. The molecule has 1 aromatic heterocycles. The van der Waals surface area contributed by atoms with Crippen molar-refractivity contribution in [3.63, 3.8) is 0 Å². The molecular weight excluding hydrogens is 360 g/mol. The number of halogens is 1. The summed E-state index contributed by atoms with van der Waals surface area (Å²) in [5, 5.41) is 5.32. The third-order valence-corrected chi connectivity index (χ3v) is 6.10. The number of carbonyl (C=O) groups is 1. The third kappa shape index (κ3) is 4.04. The summed E-state index contributed by atoms with van der Waals surface area (Å²) in [5.41, 5.74) is 4.42. The first-order valence-electron chi connectivity index (χ1n) is 9.92. The van der Waals surface area contributed by atoms with Crippen molar-refractivity contribution in [1.29, 1.82) is 0 Å². The van der Waals surface area contributed by atoms with E-state index in [2.05, 4.69) is 27.0 Å². The summed E-state index contributed by atoms with van der Waals surface area (Å²) in [4.78, 5) is 17.5. The van der Waals surface area contributed by atoms with Crippen LogP contribution in [0.4, 0.5) is 5.69 Å². The molecule has 0 bridgehead atoms. The minimum absolute atomic E-state index is 0.203. The van der Waals surface area contributed by atoms with Crippen LogP contribution < -0.4 is 4.90 Å². The van der Waals surface area contributed by atoms with Crippen LogP contribution in [0.2, 0.25) is 5.02 Å². The van der Waals surface area contributed by atoms with Gasteiger partial charge >= 0.3 is 0 Å². The Bertz CT molecular complexity index is 806. The Labute approximate surface area is 165 Å². The number of piperazine rings is 1. The zero-order valence-corrected chi connectivity index (χ0v) is 16.7. The SMILES string of the molecule is Cn1nc(C(=O)CCN2CCN(c3ccc(Cl)cc3)CC2)c2c1CCCC2. The maximum absolute atomic E-state index is 12.8. The first-order valence-corrected chi connectivity index (χ1v) is 10.3. The van der Waals surface area contributed by atoms with E-state index in [-0.39, 0.29) is 5.78 Å². The van der Waals surface area contributed by atoms with Crippen molar-refractivity contribution in [2.75, 3.05) is 37.6 Å². The van der Waals surface area contributed by atoms with Crippen LogP contribution in [0.3, 0.4) is 0 Å². The van der Waals surface area contributed by atoms with Crippen molar-refractivity contribution in [2.24, 2.45) is 7.05 Å². The lowest BCUT2D eigenvalue weighted by Crippen LogP contribution is -2.46. The molecule has 2 heterocycles. The van der Waals surface area contributed by atoms with E-state index < -0.39 is 0 Å². The maximum atomic E-state index is 12.8. The van der Waals surface area contributed by atoms with Gasteiger partial charge in [-0.3, -0.25) is 14.4 Å². The standard InChI is InChI=1S/C21H27ClN4O/c1-24-19-5-3-2-4-18(19)21(23-24)20(27)10-11-25-12-14-26(15-13-25)17-8-6-16(22)7-9-17/h6-9H,2-5,10-15H2,1H3. The molecule has 1 aliphatic heterocycles.